The van der Waals surface area contributed by atoms with Crippen LogP contribution in [0.5, 0.6) is 0 Å². The standard InChI is InChI=1S/C31H27BrClN3O2S2/c1-40(37,38)23-9-6-8-21(18-23)30-15-16-31(39-30)29-19-22(34-36(29)28-13-5-4-12-26(28)33)20-35-17-7-14-27(35)24-10-2-3-11-25(24)32/h2-6,8-13,15-16,18-19,27H,7,14,17,20H2,1H3. The molecule has 3 heterocycles. The maximum atomic E-state index is 12.1. The minimum absolute atomic E-state index is 0.313. The highest BCUT2D eigenvalue weighted by Crippen LogP contribution is 2.39. The van der Waals surface area contributed by atoms with Gasteiger partial charge in [-0.3, -0.25) is 4.90 Å². The normalized spacial score (nSPS) is 16.0. The van der Waals surface area contributed by atoms with Gasteiger partial charge in [0.1, 0.15) is 0 Å². The van der Waals surface area contributed by atoms with Crippen molar-refractivity contribution >= 4 is 48.7 Å². The van der Waals surface area contributed by atoms with Crippen LogP contribution >= 0.6 is 38.9 Å². The third-order valence-electron chi connectivity index (χ3n) is 7.24. The van der Waals surface area contributed by atoms with E-state index >= 15 is 0 Å². The van der Waals surface area contributed by atoms with Gasteiger partial charge < -0.3 is 0 Å². The van der Waals surface area contributed by atoms with Crippen molar-refractivity contribution in [2.75, 3.05) is 12.8 Å². The molecular weight excluding hydrogens is 626 g/mol. The van der Waals surface area contributed by atoms with Crippen molar-refractivity contribution in [2.45, 2.75) is 30.3 Å². The second-order valence-electron chi connectivity index (χ2n) is 10.00. The van der Waals surface area contributed by atoms with Gasteiger partial charge in [-0.25, -0.2) is 13.1 Å². The van der Waals surface area contributed by atoms with Crippen LogP contribution in [0.1, 0.15) is 30.1 Å². The van der Waals surface area contributed by atoms with E-state index in [1.54, 1.807) is 29.5 Å². The van der Waals surface area contributed by atoms with E-state index in [2.05, 4.69) is 57.2 Å². The summed E-state index contributed by atoms with van der Waals surface area (Å²) in [5, 5.41) is 5.69. The monoisotopic (exact) mass is 651 g/mol. The first-order valence-corrected chi connectivity index (χ1v) is 16.9. The molecule has 0 amide bonds. The summed E-state index contributed by atoms with van der Waals surface area (Å²) in [6, 6.07) is 29.9. The van der Waals surface area contributed by atoms with Crippen molar-refractivity contribution in [2.24, 2.45) is 0 Å². The molecule has 1 fully saturated rings. The molecule has 0 bridgehead atoms. The lowest BCUT2D eigenvalue weighted by Gasteiger charge is -2.24. The molecule has 1 unspecified atom stereocenters. The molecule has 1 saturated heterocycles. The summed E-state index contributed by atoms with van der Waals surface area (Å²) < 4.78 is 27.3. The molecule has 2 aromatic heterocycles. The zero-order valence-electron chi connectivity index (χ0n) is 21.8. The molecule has 5 aromatic rings. The van der Waals surface area contributed by atoms with Gasteiger partial charge in [-0.15, -0.1) is 11.3 Å². The Kier molecular flexibility index (Phi) is 7.72. The lowest BCUT2D eigenvalue weighted by Crippen LogP contribution is -2.23. The number of sulfone groups is 1. The topological polar surface area (TPSA) is 55.2 Å². The van der Waals surface area contributed by atoms with Crippen molar-refractivity contribution in [1.29, 1.82) is 0 Å². The molecule has 9 heteroatoms. The second-order valence-corrected chi connectivity index (χ2v) is 14.4. The van der Waals surface area contributed by atoms with Crippen LogP contribution in [0.15, 0.2) is 100 Å². The first kappa shape index (κ1) is 27.4. The maximum Gasteiger partial charge on any atom is 0.175 e. The Bertz CT molecular complexity index is 1800. The summed E-state index contributed by atoms with van der Waals surface area (Å²) in [7, 11) is -3.29. The highest BCUT2D eigenvalue weighted by Gasteiger charge is 2.28. The summed E-state index contributed by atoms with van der Waals surface area (Å²) in [6.07, 6.45) is 3.49. The van der Waals surface area contributed by atoms with E-state index in [0.29, 0.717) is 16.0 Å². The predicted octanol–water partition coefficient (Wildman–Crippen LogP) is 8.42. The van der Waals surface area contributed by atoms with Crippen LogP contribution < -0.4 is 0 Å². The van der Waals surface area contributed by atoms with Crippen molar-refractivity contribution in [1.82, 2.24) is 14.7 Å². The van der Waals surface area contributed by atoms with E-state index in [1.807, 2.05) is 41.1 Å². The van der Waals surface area contributed by atoms with Crippen LogP contribution in [0.25, 0.3) is 26.7 Å². The molecule has 1 aliphatic rings. The Hall–Kier alpha value is -2.75. The van der Waals surface area contributed by atoms with Crippen LogP contribution in [0.4, 0.5) is 0 Å². The van der Waals surface area contributed by atoms with Gasteiger partial charge in [0.15, 0.2) is 9.84 Å². The van der Waals surface area contributed by atoms with E-state index in [9.17, 15) is 8.42 Å². The predicted molar refractivity (Wildman–Crippen MR) is 167 cm³/mol. The zero-order valence-corrected chi connectivity index (χ0v) is 25.8. The minimum Gasteiger partial charge on any atom is -0.290 e. The highest BCUT2D eigenvalue weighted by atomic mass is 79.9. The van der Waals surface area contributed by atoms with Crippen LogP contribution in [0.2, 0.25) is 5.02 Å². The first-order chi connectivity index (χ1) is 19.3. The zero-order chi connectivity index (χ0) is 27.9. The number of nitrogens with zero attached hydrogens (tertiary/aromatic N) is 3. The third kappa shape index (κ3) is 5.56. The SMILES string of the molecule is CS(=O)(=O)c1cccc(-c2ccc(-c3cc(CN4CCCC4c4ccccc4Br)nn3-c3ccccc3Cl)s2)c1. The summed E-state index contributed by atoms with van der Waals surface area (Å²) in [5.74, 6) is 0. The van der Waals surface area contributed by atoms with Crippen LogP contribution in [0.3, 0.4) is 0 Å². The Balaban J connectivity index is 1.38. The van der Waals surface area contributed by atoms with Crippen molar-refractivity contribution in [3.8, 4) is 26.7 Å². The Morgan fingerprint density at radius 2 is 1.75 bits per heavy atom. The largest absolute Gasteiger partial charge is 0.290 e. The average Bonchev–Trinajstić information content (AvgIpc) is 3.69. The molecule has 0 saturated carbocycles. The van der Waals surface area contributed by atoms with Gasteiger partial charge >= 0.3 is 0 Å². The molecule has 3 aromatic carbocycles. The summed E-state index contributed by atoms with van der Waals surface area (Å²) in [5.41, 5.74) is 4.93. The maximum absolute atomic E-state index is 12.1. The Morgan fingerprint density at radius 3 is 2.55 bits per heavy atom. The van der Waals surface area contributed by atoms with Crippen LogP contribution in [-0.2, 0) is 16.4 Å². The molecule has 0 radical (unpaired) electrons. The summed E-state index contributed by atoms with van der Waals surface area (Å²) in [6.45, 7) is 1.74. The number of aromatic nitrogens is 2. The number of halogens is 2. The van der Waals surface area contributed by atoms with E-state index in [-0.39, 0.29) is 0 Å². The first-order valence-electron chi connectivity index (χ1n) is 13.0. The van der Waals surface area contributed by atoms with E-state index < -0.39 is 9.84 Å². The van der Waals surface area contributed by atoms with Crippen molar-refractivity contribution in [3.05, 3.63) is 112 Å². The number of para-hydroxylation sites is 1. The van der Waals surface area contributed by atoms with Crippen molar-refractivity contribution < 1.29 is 8.42 Å². The molecule has 6 rings (SSSR count). The fourth-order valence-electron chi connectivity index (χ4n) is 5.32. The van der Waals surface area contributed by atoms with Gasteiger partial charge in [-0.2, -0.15) is 5.10 Å². The fraction of sp³-hybridized carbons (Fsp3) is 0.194. The smallest absolute Gasteiger partial charge is 0.175 e. The highest BCUT2D eigenvalue weighted by molar-refractivity contribution is 9.10. The van der Waals surface area contributed by atoms with Gasteiger partial charge in [0.05, 0.1) is 31.9 Å². The number of rotatable bonds is 7. The molecule has 1 aliphatic heterocycles. The van der Waals surface area contributed by atoms with Gasteiger partial charge in [0, 0.05) is 28.2 Å². The number of thiophene rings is 1. The van der Waals surface area contributed by atoms with Crippen LogP contribution in [0, 0.1) is 0 Å². The van der Waals surface area contributed by atoms with E-state index in [4.69, 9.17) is 16.7 Å². The lowest BCUT2D eigenvalue weighted by molar-refractivity contribution is 0.244. The number of hydrogen-bond acceptors (Lipinski definition) is 5. The van der Waals surface area contributed by atoms with E-state index in [1.165, 1.54) is 11.8 Å². The third-order valence-corrected chi connectivity index (χ3v) is 10.5. The molecule has 0 aliphatic carbocycles. The molecule has 5 nitrogen and oxygen atoms in total. The lowest BCUT2D eigenvalue weighted by atomic mass is 10.0. The number of benzene rings is 3. The van der Waals surface area contributed by atoms with Gasteiger partial charge in [0.2, 0.25) is 0 Å². The number of hydrogen-bond donors (Lipinski definition) is 0. The Morgan fingerprint density at radius 1 is 0.975 bits per heavy atom. The molecule has 0 N–H and O–H groups in total. The average molecular weight is 653 g/mol. The van der Waals surface area contributed by atoms with Gasteiger partial charge in [-0.1, -0.05) is 70.0 Å². The molecule has 0 spiro atoms. The Labute approximate surface area is 252 Å². The van der Waals surface area contributed by atoms with Crippen LogP contribution in [-0.4, -0.2) is 35.9 Å². The summed E-state index contributed by atoms with van der Waals surface area (Å²) >= 11 is 12.0. The quantitative estimate of drug-likeness (QED) is 0.177. The van der Waals surface area contributed by atoms with Crippen molar-refractivity contribution in [3.63, 3.8) is 0 Å². The number of likely N-dealkylation sites (tertiary alicyclic amines) is 1. The molecule has 1 atom stereocenters. The molecule has 204 valence electrons. The summed E-state index contributed by atoms with van der Waals surface area (Å²) in [4.78, 5) is 4.83. The minimum atomic E-state index is -3.29. The van der Waals surface area contributed by atoms with Gasteiger partial charge in [-0.05, 0) is 79.0 Å². The second kappa shape index (κ2) is 11.3. The molecule has 40 heavy (non-hydrogen) atoms. The molecular formula is C31H27BrClN3O2S2. The fourth-order valence-corrected chi connectivity index (χ4v) is 7.76. The van der Waals surface area contributed by atoms with E-state index in [0.717, 1.165) is 62.8 Å². The van der Waals surface area contributed by atoms with Gasteiger partial charge in [0.25, 0.3) is 0 Å².